The predicted octanol–water partition coefficient (Wildman–Crippen LogP) is 3.93. The van der Waals surface area contributed by atoms with Gasteiger partial charge < -0.3 is 24.8 Å². The summed E-state index contributed by atoms with van der Waals surface area (Å²) in [5.74, 6) is 0.446. The summed E-state index contributed by atoms with van der Waals surface area (Å²) >= 11 is 1.70. The number of hydrogen-bond donors (Lipinski definition) is 1. The van der Waals surface area contributed by atoms with Crippen molar-refractivity contribution in [2.45, 2.75) is 102 Å². The highest BCUT2D eigenvalue weighted by Gasteiger charge is 2.47. The van der Waals surface area contributed by atoms with Crippen LogP contribution in [0.5, 0.6) is 0 Å². The second kappa shape index (κ2) is 13.0. The van der Waals surface area contributed by atoms with Crippen molar-refractivity contribution < 1.29 is 18.7 Å². The van der Waals surface area contributed by atoms with Crippen molar-refractivity contribution in [2.75, 3.05) is 45.0 Å². The molecule has 7 rings (SSSR count). The van der Waals surface area contributed by atoms with Gasteiger partial charge in [0.25, 0.3) is 5.91 Å². The quantitative estimate of drug-likeness (QED) is 0.491. The van der Waals surface area contributed by atoms with E-state index in [9.17, 15) is 9.59 Å². The minimum atomic E-state index is -0.514. The van der Waals surface area contributed by atoms with Crippen LogP contribution in [0, 0.1) is 5.82 Å². The highest BCUT2D eigenvalue weighted by molar-refractivity contribution is 8.14. The van der Waals surface area contributed by atoms with Gasteiger partial charge in [-0.25, -0.2) is 9.18 Å². The van der Waals surface area contributed by atoms with Crippen molar-refractivity contribution in [1.82, 2.24) is 24.9 Å². The van der Waals surface area contributed by atoms with Crippen LogP contribution in [0.15, 0.2) is 27.1 Å². The number of carbonyl (C=O) groups excluding carboxylic acids is 2. The van der Waals surface area contributed by atoms with Crippen molar-refractivity contribution in [3.8, 4) is 0 Å². The lowest BCUT2D eigenvalue weighted by Gasteiger charge is -2.39. The summed E-state index contributed by atoms with van der Waals surface area (Å²) in [7, 11) is 0. The number of hydrogen-bond acceptors (Lipinski definition) is 10. The van der Waals surface area contributed by atoms with Crippen LogP contribution in [0.25, 0.3) is 0 Å². The van der Waals surface area contributed by atoms with Gasteiger partial charge in [0.05, 0.1) is 37.6 Å². The van der Waals surface area contributed by atoms with E-state index in [1.54, 1.807) is 22.7 Å². The number of fused-ring (bicyclic) bond motifs is 2. The van der Waals surface area contributed by atoms with Crippen molar-refractivity contribution in [2.24, 2.45) is 15.0 Å². The van der Waals surface area contributed by atoms with Gasteiger partial charge in [-0.1, -0.05) is 11.8 Å². The fraction of sp³-hybridized carbons (Fsp3) is 0.676. The summed E-state index contributed by atoms with van der Waals surface area (Å²) in [6.45, 7) is 12.4. The number of piperazine rings is 1. The first-order valence-electron chi connectivity index (χ1n) is 17.2. The van der Waals surface area contributed by atoms with Crippen LogP contribution in [-0.2, 0) is 11.3 Å². The number of ether oxygens (including phenoxy) is 1. The van der Waals surface area contributed by atoms with Gasteiger partial charge in [-0.3, -0.25) is 24.7 Å². The number of aliphatic imine (C=N–C) groups is 3. The number of benzene rings is 1. The molecule has 6 unspecified atom stereocenters. The highest BCUT2D eigenvalue weighted by Crippen LogP contribution is 2.37. The number of amides is 2. The first kappa shape index (κ1) is 32.4. The fourth-order valence-corrected chi connectivity index (χ4v) is 8.78. The number of thioether (sulfide) groups is 1. The lowest BCUT2D eigenvalue weighted by molar-refractivity contribution is 0.00995. The summed E-state index contributed by atoms with van der Waals surface area (Å²) in [5, 5.41) is 4.48. The molecule has 254 valence electrons. The van der Waals surface area contributed by atoms with Gasteiger partial charge in [0.15, 0.2) is 5.17 Å². The lowest BCUT2D eigenvalue weighted by atomic mass is 9.90. The molecule has 6 aliphatic rings. The van der Waals surface area contributed by atoms with E-state index in [-0.39, 0.29) is 60.6 Å². The molecule has 13 heteroatoms. The molecule has 2 amide bonds. The Morgan fingerprint density at radius 1 is 1.11 bits per heavy atom. The van der Waals surface area contributed by atoms with Crippen LogP contribution in [0.1, 0.15) is 80.8 Å². The van der Waals surface area contributed by atoms with Gasteiger partial charge in [-0.15, -0.1) is 0 Å². The van der Waals surface area contributed by atoms with Gasteiger partial charge in [-0.2, -0.15) is 0 Å². The summed E-state index contributed by atoms with van der Waals surface area (Å²) in [6, 6.07) is 3.35. The van der Waals surface area contributed by atoms with Crippen LogP contribution >= 0.6 is 11.8 Å². The Bertz CT molecular complexity index is 1470. The SMILES string of the molecule is CC(NC1=NCCS1)C(C1N=CN2CCCC12)N1Cc2c(F)cc(C3C=NC(N4CCN(C(=O)OC(C)(C)C)CC4)CC3)cc2C1=O. The third kappa shape index (κ3) is 6.62. The molecular formula is C34H47FN8O3S. The largest absolute Gasteiger partial charge is 0.444 e. The normalized spacial score (nSPS) is 28.8. The predicted molar refractivity (Wildman–Crippen MR) is 183 cm³/mol. The molecule has 6 aliphatic heterocycles. The number of carbonyl (C=O) groups is 2. The number of nitrogens with zero attached hydrogens (tertiary/aromatic N) is 7. The second-order valence-electron chi connectivity index (χ2n) is 14.6. The third-order valence-corrected chi connectivity index (χ3v) is 11.2. The van der Waals surface area contributed by atoms with Gasteiger partial charge in [0.1, 0.15) is 17.6 Å². The minimum Gasteiger partial charge on any atom is -0.444 e. The number of amidine groups is 1. The number of nitrogens with one attached hydrogen (secondary N) is 1. The van der Waals surface area contributed by atoms with Crippen LogP contribution in [0.2, 0.25) is 0 Å². The molecule has 0 aliphatic carbocycles. The van der Waals surface area contributed by atoms with E-state index < -0.39 is 5.60 Å². The first-order chi connectivity index (χ1) is 22.6. The topological polar surface area (TPSA) is 105 Å². The molecule has 6 atom stereocenters. The van der Waals surface area contributed by atoms with Crippen molar-refractivity contribution >= 4 is 41.5 Å². The molecule has 1 aromatic carbocycles. The van der Waals surface area contributed by atoms with Crippen LogP contribution in [-0.4, -0.2) is 130 Å². The number of rotatable bonds is 6. The molecule has 0 saturated carbocycles. The van der Waals surface area contributed by atoms with Gasteiger partial charge >= 0.3 is 6.09 Å². The highest BCUT2D eigenvalue weighted by atomic mass is 32.2. The molecule has 0 radical (unpaired) electrons. The molecule has 1 aromatic rings. The Morgan fingerprint density at radius 2 is 1.91 bits per heavy atom. The molecule has 47 heavy (non-hydrogen) atoms. The average Bonchev–Trinajstić information content (AvgIpc) is 3.85. The van der Waals surface area contributed by atoms with Crippen molar-refractivity contribution in [1.29, 1.82) is 0 Å². The summed E-state index contributed by atoms with van der Waals surface area (Å²) in [5.41, 5.74) is 1.22. The van der Waals surface area contributed by atoms with E-state index in [2.05, 4.69) is 27.0 Å². The van der Waals surface area contributed by atoms with E-state index in [4.69, 9.17) is 14.7 Å². The van der Waals surface area contributed by atoms with Gasteiger partial charge in [0, 0.05) is 67.8 Å². The molecule has 2 fully saturated rings. The zero-order valence-corrected chi connectivity index (χ0v) is 28.7. The molecule has 1 N–H and O–H groups in total. The Kier molecular flexibility index (Phi) is 8.97. The van der Waals surface area contributed by atoms with E-state index >= 15 is 4.39 Å². The first-order valence-corrected chi connectivity index (χ1v) is 18.2. The zero-order valence-electron chi connectivity index (χ0n) is 27.9. The summed E-state index contributed by atoms with van der Waals surface area (Å²) in [6.07, 6.45) is 7.44. The second-order valence-corrected chi connectivity index (χ2v) is 15.7. The van der Waals surface area contributed by atoms with Crippen LogP contribution in [0.3, 0.4) is 0 Å². The molecule has 0 spiro atoms. The molecule has 11 nitrogen and oxygen atoms in total. The van der Waals surface area contributed by atoms with Crippen LogP contribution in [0.4, 0.5) is 9.18 Å². The van der Waals surface area contributed by atoms with Crippen LogP contribution < -0.4 is 5.32 Å². The lowest BCUT2D eigenvalue weighted by Crippen LogP contribution is -2.58. The summed E-state index contributed by atoms with van der Waals surface area (Å²) < 4.78 is 21.4. The maximum atomic E-state index is 15.9. The zero-order chi connectivity index (χ0) is 32.9. The molecule has 0 bridgehead atoms. The summed E-state index contributed by atoms with van der Waals surface area (Å²) in [4.78, 5) is 49.3. The minimum absolute atomic E-state index is 0.0305. The molecule has 2 saturated heterocycles. The standard InChI is InChI=1S/C34H47FN8O3S/c1-21(39-32-36-9-15-47-32)30(29-27-6-5-10-42(27)20-38-29)43-19-25-24(31(43)44)16-23(17-26(25)35)22-7-8-28(37-18-22)40-11-13-41(14-12-40)33(45)46-34(2,3)4/h16-18,20-22,27-30H,5-15,19H2,1-4H3,(H,36,39). The molecular weight excluding hydrogens is 619 g/mol. The van der Waals surface area contributed by atoms with Crippen molar-refractivity contribution in [3.63, 3.8) is 0 Å². The van der Waals surface area contributed by atoms with E-state index in [1.165, 1.54) is 0 Å². The van der Waals surface area contributed by atoms with E-state index in [1.807, 2.05) is 44.3 Å². The van der Waals surface area contributed by atoms with E-state index in [0.717, 1.165) is 68.3 Å². The molecule has 0 aromatic heterocycles. The monoisotopic (exact) mass is 666 g/mol. The van der Waals surface area contributed by atoms with Gasteiger partial charge in [-0.05, 0) is 71.1 Å². The Labute approximate surface area is 281 Å². The average molecular weight is 667 g/mol. The smallest absolute Gasteiger partial charge is 0.410 e. The Hall–Kier alpha value is -3.19. The molecule has 6 heterocycles. The maximum absolute atomic E-state index is 15.9. The Balaban J connectivity index is 1.04. The van der Waals surface area contributed by atoms with Crippen molar-refractivity contribution in [3.05, 3.63) is 34.6 Å². The maximum Gasteiger partial charge on any atom is 0.410 e. The fourth-order valence-electron chi connectivity index (χ4n) is 7.96. The van der Waals surface area contributed by atoms with Gasteiger partial charge in [0.2, 0.25) is 0 Å². The third-order valence-electron chi connectivity index (χ3n) is 10.3. The number of halogens is 1. The Morgan fingerprint density at radius 3 is 2.62 bits per heavy atom. The van der Waals surface area contributed by atoms with E-state index in [0.29, 0.717) is 24.2 Å².